The molecule has 1 atom stereocenters. The number of aliphatic imine (C=N–C) groups is 1. The third-order valence-electron chi connectivity index (χ3n) is 5.46. The first-order valence-corrected chi connectivity index (χ1v) is 10.9. The van der Waals surface area contributed by atoms with E-state index in [4.69, 9.17) is 4.74 Å². The number of thiophene rings is 1. The first-order chi connectivity index (χ1) is 13.6. The van der Waals surface area contributed by atoms with Crippen molar-refractivity contribution in [1.82, 2.24) is 10.6 Å². The van der Waals surface area contributed by atoms with Gasteiger partial charge in [0.15, 0.2) is 5.96 Å². The summed E-state index contributed by atoms with van der Waals surface area (Å²) in [5.74, 6) is 0.736. The lowest BCUT2D eigenvalue weighted by molar-refractivity contribution is 0.0513. The predicted octanol–water partition coefficient (Wildman–Crippen LogP) is 3.26. The molecule has 1 aliphatic heterocycles. The van der Waals surface area contributed by atoms with E-state index in [0.717, 1.165) is 50.7 Å². The Morgan fingerprint density at radius 3 is 2.61 bits per heavy atom. The van der Waals surface area contributed by atoms with Gasteiger partial charge in [-0.1, -0.05) is 30.3 Å². The van der Waals surface area contributed by atoms with Gasteiger partial charge in [0.1, 0.15) is 5.60 Å². The number of aliphatic hydroxyl groups is 1. The Morgan fingerprint density at radius 2 is 1.96 bits per heavy atom. The van der Waals surface area contributed by atoms with Crippen molar-refractivity contribution >= 4 is 17.3 Å². The topological polar surface area (TPSA) is 65.9 Å². The summed E-state index contributed by atoms with van der Waals surface area (Å²) < 4.78 is 5.63. The molecule has 1 saturated heterocycles. The number of hydrogen-bond acceptors (Lipinski definition) is 4. The molecule has 0 bridgehead atoms. The van der Waals surface area contributed by atoms with Crippen LogP contribution in [0.2, 0.25) is 0 Å². The molecule has 2 aromatic rings. The molecule has 1 fully saturated rings. The molecular formula is C22H31N3O2S. The fourth-order valence-electron chi connectivity index (χ4n) is 3.61. The predicted molar refractivity (Wildman–Crippen MR) is 116 cm³/mol. The van der Waals surface area contributed by atoms with Crippen LogP contribution in [0.3, 0.4) is 0 Å². The van der Waals surface area contributed by atoms with Crippen molar-refractivity contribution in [1.29, 1.82) is 0 Å². The Morgan fingerprint density at radius 1 is 1.21 bits per heavy atom. The van der Waals surface area contributed by atoms with Crippen molar-refractivity contribution in [3.63, 3.8) is 0 Å². The van der Waals surface area contributed by atoms with Crippen LogP contribution >= 0.6 is 11.3 Å². The Balaban J connectivity index is 1.72. The third kappa shape index (κ3) is 5.13. The van der Waals surface area contributed by atoms with E-state index < -0.39 is 5.60 Å². The van der Waals surface area contributed by atoms with Crippen LogP contribution in [0, 0.1) is 0 Å². The second-order valence-electron chi connectivity index (χ2n) is 7.59. The summed E-state index contributed by atoms with van der Waals surface area (Å²) in [6, 6.07) is 12.6. The van der Waals surface area contributed by atoms with Crippen LogP contribution in [0.25, 0.3) is 0 Å². The van der Waals surface area contributed by atoms with Crippen molar-refractivity contribution in [2.75, 3.05) is 32.8 Å². The number of nitrogens with one attached hydrogen (secondary N) is 2. The average Bonchev–Trinajstić information content (AvgIpc) is 3.27. The molecule has 6 heteroatoms. The van der Waals surface area contributed by atoms with Gasteiger partial charge in [-0.15, -0.1) is 0 Å². The molecule has 152 valence electrons. The molecule has 3 N–H and O–H groups in total. The first-order valence-electron chi connectivity index (χ1n) is 9.96. The molecule has 5 nitrogen and oxygen atoms in total. The number of benzene rings is 1. The smallest absolute Gasteiger partial charge is 0.191 e. The molecule has 0 saturated carbocycles. The van der Waals surface area contributed by atoms with Gasteiger partial charge in [-0.2, -0.15) is 11.3 Å². The zero-order chi connectivity index (χ0) is 19.9. The minimum absolute atomic E-state index is 0.0333. The molecule has 2 heterocycles. The standard InChI is InChI=1S/C22H31N3O2S/c1-3-23-20(24-16-21(2,26)19-9-14-28-15-19)25-17-22(10-12-27-13-11-22)18-7-5-4-6-8-18/h4-9,14-15,26H,3,10-13,16-17H2,1-2H3,(H2,23,24,25). The van der Waals surface area contributed by atoms with Gasteiger partial charge in [0, 0.05) is 31.7 Å². The first kappa shape index (κ1) is 20.8. The van der Waals surface area contributed by atoms with Gasteiger partial charge in [-0.05, 0) is 54.6 Å². The Bertz CT molecular complexity index is 738. The molecule has 0 aliphatic carbocycles. The summed E-state index contributed by atoms with van der Waals surface area (Å²) in [6.45, 7) is 7.27. The lowest BCUT2D eigenvalue weighted by Gasteiger charge is -2.38. The Labute approximate surface area is 171 Å². The van der Waals surface area contributed by atoms with Crippen LogP contribution < -0.4 is 10.6 Å². The van der Waals surface area contributed by atoms with Crippen LogP contribution in [0.15, 0.2) is 52.2 Å². The van der Waals surface area contributed by atoms with Gasteiger partial charge in [0.05, 0.1) is 6.54 Å². The maximum absolute atomic E-state index is 10.8. The molecule has 28 heavy (non-hydrogen) atoms. The maximum atomic E-state index is 10.8. The maximum Gasteiger partial charge on any atom is 0.191 e. The summed E-state index contributed by atoms with van der Waals surface area (Å²) in [6.07, 6.45) is 1.96. The van der Waals surface area contributed by atoms with Crippen molar-refractivity contribution in [2.24, 2.45) is 4.99 Å². The van der Waals surface area contributed by atoms with Gasteiger partial charge in [-0.3, -0.25) is 0 Å². The van der Waals surface area contributed by atoms with E-state index in [2.05, 4.69) is 52.9 Å². The zero-order valence-electron chi connectivity index (χ0n) is 16.8. The van der Waals surface area contributed by atoms with Gasteiger partial charge >= 0.3 is 0 Å². The van der Waals surface area contributed by atoms with Crippen molar-refractivity contribution in [3.05, 3.63) is 58.3 Å². The van der Waals surface area contributed by atoms with E-state index in [1.54, 1.807) is 11.3 Å². The highest BCUT2D eigenvalue weighted by Crippen LogP contribution is 2.34. The minimum atomic E-state index is -0.974. The Kier molecular flexibility index (Phi) is 7.10. The lowest BCUT2D eigenvalue weighted by Crippen LogP contribution is -2.48. The largest absolute Gasteiger partial charge is 0.383 e. The molecule has 0 amide bonds. The van der Waals surface area contributed by atoms with Crippen LogP contribution in [0.4, 0.5) is 0 Å². The average molecular weight is 402 g/mol. The molecule has 0 spiro atoms. The quantitative estimate of drug-likeness (QED) is 0.492. The molecule has 1 aromatic heterocycles. The van der Waals surface area contributed by atoms with Crippen LogP contribution in [0.5, 0.6) is 0 Å². The summed E-state index contributed by atoms with van der Waals surface area (Å²) in [5.41, 5.74) is 1.30. The van der Waals surface area contributed by atoms with Crippen molar-refractivity contribution in [2.45, 2.75) is 37.7 Å². The van der Waals surface area contributed by atoms with E-state index in [9.17, 15) is 5.11 Å². The van der Waals surface area contributed by atoms with E-state index >= 15 is 0 Å². The minimum Gasteiger partial charge on any atom is -0.383 e. The highest BCUT2D eigenvalue weighted by Gasteiger charge is 2.34. The SMILES string of the molecule is CCNC(=NCC(C)(O)c1ccsc1)NCC1(c2ccccc2)CCOCC1. The number of hydrogen-bond donors (Lipinski definition) is 3. The summed E-state index contributed by atoms with van der Waals surface area (Å²) in [5, 5.41) is 21.5. The van der Waals surface area contributed by atoms with Gasteiger partial charge in [-0.25, -0.2) is 4.99 Å². The van der Waals surface area contributed by atoms with E-state index in [1.165, 1.54) is 5.56 Å². The van der Waals surface area contributed by atoms with Crippen LogP contribution in [0.1, 0.15) is 37.8 Å². The monoisotopic (exact) mass is 401 g/mol. The molecular weight excluding hydrogens is 370 g/mol. The lowest BCUT2D eigenvalue weighted by atomic mass is 9.74. The highest BCUT2D eigenvalue weighted by molar-refractivity contribution is 7.08. The second kappa shape index (κ2) is 9.54. The zero-order valence-corrected chi connectivity index (χ0v) is 17.6. The number of rotatable bonds is 7. The molecule has 1 aromatic carbocycles. The third-order valence-corrected chi connectivity index (χ3v) is 6.15. The van der Waals surface area contributed by atoms with Gasteiger partial charge in [0.25, 0.3) is 0 Å². The molecule has 1 unspecified atom stereocenters. The number of nitrogens with zero attached hydrogens (tertiary/aromatic N) is 1. The number of ether oxygens (including phenoxy) is 1. The Hall–Kier alpha value is -1.89. The second-order valence-corrected chi connectivity index (χ2v) is 8.37. The highest BCUT2D eigenvalue weighted by atomic mass is 32.1. The van der Waals surface area contributed by atoms with Crippen molar-refractivity contribution in [3.8, 4) is 0 Å². The van der Waals surface area contributed by atoms with E-state index in [-0.39, 0.29) is 5.41 Å². The van der Waals surface area contributed by atoms with Gasteiger partial charge < -0.3 is 20.5 Å². The normalized spacial score (nSPS) is 19.0. The summed E-state index contributed by atoms with van der Waals surface area (Å²) in [4.78, 5) is 4.67. The summed E-state index contributed by atoms with van der Waals surface area (Å²) in [7, 11) is 0. The van der Waals surface area contributed by atoms with E-state index in [0.29, 0.717) is 6.54 Å². The van der Waals surface area contributed by atoms with Crippen molar-refractivity contribution < 1.29 is 9.84 Å². The summed E-state index contributed by atoms with van der Waals surface area (Å²) >= 11 is 1.59. The van der Waals surface area contributed by atoms with Crippen LogP contribution in [-0.4, -0.2) is 43.9 Å². The molecule has 0 radical (unpaired) electrons. The molecule has 3 rings (SSSR count). The number of guanidine groups is 1. The van der Waals surface area contributed by atoms with E-state index in [1.807, 2.05) is 23.8 Å². The molecule has 1 aliphatic rings. The van der Waals surface area contributed by atoms with Crippen LogP contribution in [-0.2, 0) is 15.8 Å². The fraction of sp³-hybridized carbons (Fsp3) is 0.500. The fourth-order valence-corrected chi connectivity index (χ4v) is 4.39. The van der Waals surface area contributed by atoms with Gasteiger partial charge in [0.2, 0.25) is 0 Å².